The number of hydrogen-bond acceptors (Lipinski definition) is 3. The molecule has 132 valence electrons. The maximum Gasteiger partial charge on any atom is 0.254 e. The number of nitrogens with zero attached hydrogens (tertiary/aromatic N) is 2. The standard InChI is InChI=1S/C20H25N3O2/c24-20(23-12-4-6-16(14-23)19-10-11-21-22-19)15-5-3-9-18(13-15)25-17-7-1-2-8-17/h3,5,9-11,13,16-17H,1-2,4,6-8,12,14H2,(H,21,22)/t16-/m1/s1. The van der Waals surface area contributed by atoms with Crippen LogP contribution in [0.1, 0.15) is 60.5 Å². The van der Waals surface area contributed by atoms with Crippen LogP contribution >= 0.6 is 0 Å². The minimum atomic E-state index is 0.0982. The minimum absolute atomic E-state index is 0.0982. The highest BCUT2D eigenvalue weighted by molar-refractivity contribution is 5.94. The minimum Gasteiger partial charge on any atom is -0.490 e. The number of likely N-dealkylation sites (tertiary alicyclic amines) is 1. The van der Waals surface area contributed by atoms with E-state index < -0.39 is 0 Å². The van der Waals surface area contributed by atoms with Gasteiger partial charge in [0.2, 0.25) is 0 Å². The molecule has 5 nitrogen and oxygen atoms in total. The fraction of sp³-hybridized carbons (Fsp3) is 0.500. The van der Waals surface area contributed by atoms with Crippen molar-refractivity contribution >= 4 is 5.91 Å². The van der Waals surface area contributed by atoms with Crippen LogP contribution in [0.15, 0.2) is 36.5 Å². The van der Waals surface area contributed by atoms with Crippen molar-refractivity contribution in [2.75, 3.05) is 13.1 Å². The molecule has 1 aliphatic heterocycles. The molecule has 1 N–H and O–H groups in total. The van der Waals surface area contributed by atoms with Gasteiger partial charge in [0.15, 0.2) is 0 Å². The van der Waals surface area contributed by atoms with Crippen molar-refractivity contribution in [1.29, 1.82) is 0 Å². The molecule has 0 bridgehead atoms. The van der Waals surface area contributed by atoms with Gasteiger partial charge in [-0.3, -0.25) is 9.89 Å². The summed E-state index contributed by atoms with van der Waals surface area (Å²) in [5.74, 6) is 1.26. The van der Waals surface area contributed by atoms with Gasteiger partial charge in [0.25, 0.3) is 5.91 Å². The van der Waals surface area contributed by atoms with Gasteiger partial charge in [0, 0.05) is 36.5 Å². The summed E-state index contributed by atoms with van der Waals surface area (Å²) in [5, 5.41) is 7.09. The number of benzene rings is 1. The molecule has 2 heterocycles. The summed E-state index contributed by atoms with van der Waals surface area (Å²) in [6.07, 6.45) is 8.93. The van der Waals surface area contributed by atoms with E-state index in [1.165, 1.54) is 12.8 Å². The molecule has 2 fully saturated rings. The number of hydrogen-bond donors (Lipinski definition) is 1. The normalized spacial score (nSPS) is 21.4. The van der Waals surface area contributed by atoms with Crippen LogP contribution in [0.2, 0.25) is 0 Å². The fourth-order valence-electron chi connectivity index (χ4n) is 3.99. The second kappa shape index (κ2) is 7.30. The number of aromatic amines is 1. The van der Waals surface area contributed by atoms with Crippen LogP contribution in [0.25, 0.3) is 0 Å². The average molecular weight is 339 g/mol. The Morgan fingerprint density at radius 1 is 1.16 bits per heavy atom. The Hall–Kier alpha value is -2.30. The first-order valence-electron chi connectivity index (χ1n) is 9.35. The van der Waals surface area contributed by atoms with E-state index in [1.54, 1.807) is 6.20 Å². The number of nitrogens with one attached hydrogen (secondary N) is 1. The number of aromatic nitrogens is 2. The van der Waals surface area contributed by atoms with Gasteiger partial charge in [0.05, 0.1) is 6.10 Å². The van der Waals surface area contributed by atoms with Gasteiger partial charge in [0.1, 0.15) is 5.75 Å². The fourth-order valence-corrected chi connectivity index (χ4v) is 3.99. The molecule has 0 unspecified atom stereocenters. The molecule has 1 aromatic carbocycles. The second-order valence-electron chi connectivity index (χ2n) is 7.15. The Morgan fingerprint density at radius 2 is 2.04 bits per heavy atom. The lowest BCUT2D eigenvalue weighted by molar-refractivity contribution is 0.0705. The molecule has 1 amide bonds. The Kier molecular flexibility index (Phi) is 4.72. The molecule has 2 aromatic rings. The van der Waals surface area contributed by atoms with Crippen LogP contribution in [0.3, 0.4) is 0 Å². The van der Waals surface area contributed by atoms with Gasteiger partial charge < -0.3 is 9.64 Å². The monoisotopic (exact) mass is 339 g/mol. The number of piperidine rings is 1. The lowest BCUT2D eigenvalue weighted by Gasteiger charge is -2.32. The number of amides is 1. The first kappa shape index (κ1) is 16.2. The SMILES string of the molecule is O=C(c1cccc(OC2CCCC2)c1)N1CCC[C@@H](c2ccn[nH]2)C1. The third kappa shape index (κ3) is 3.70. The molecule has 0 radical (unpaired) electrons. The zero-order valence-electron chi connectivity index (χ0n) is 14.5. The summed E-state index contributed by atoms with van der Waals surface area (Å²) in [6, 6.07) is 9.69. The van der Waals surface area contributed by atoms with E-state index in [-0.39, 0.29) is 5.91 Å². The van der Waals surface area contributed by atoms with Crippen molar-refractivity contribution in [2.24, 2.45) is 0 Å². The Morgan fingerprint density at radius 3 is 2.84 bits per heavy atom. The first-order valence-corrected chi connectivity index (χ1v) is 9.35. The van der Waals surface area contributed by atoms with E-state index in [0.717, 1.165) is 55.8 Å². The zero-order valence-corrected chi connectivity index (χ0v) is 14.5. The van der Waals surface area contributed by atoms with E-state index in [1.807, 2.05) is 35.2 Å². The summed E-state index contributed by atoms with van der Waals surface area (Å²) < 4.78 is 6.05. The summed E-state index contributed by atoms with van der Waals surface area (Å²) in [5.41, 5.74) is 1.84. The van der Waals surface area contributed by atoms with E-state index in [9.17, 15) is 4.79 Å². The number of rotatable bonds is 4. The van der Waals surface area contributed by atoms with Gasteiger partial charge in [-0.2, -0.15) is 5.10 Å². The maximum absolute atomic E-state index is 12.9. The molecule has 25 heavy (non-hydrogen) atoms. The van der Waals surface area contributed by atoms with Crippen molar-refractivity contribution in [3.63, 3.8) is 0 Å². The zero-order chi connectivity index (χ0) is 17.1. The molecule has 1 atom stereocenters. The van der Waals surface area contributed by atoms with E-state index in [0.29, 0.717) is 12.0 Å². The van der Waals surface area contributed by atoms with Crippen LogP contribution in [-0.2, 0) is 0 Å². The van der Waals surface area contributed by atoms with Crippen molar-refractivity contribution in [1.82, 2.24) is 15.1 Å². The highest BCUT2D eigenvalue weighted by Gasteiger charge is 2.26. The number of carbonyl (C=O) groups is 1. The molecular weight excluding hydrogens is 314 g/mol. The van der Waals surface area contributed by atoms with Gasteiger partial charge in [-0.25, -0.2) is 0 Å². The lowest BCUT2D eigenvalue weighted by atomic mass is 9.94. The summed E-state index contributed by atoms with van der Waals surface area (Å²) >= 11 is 0. The van der Waals surface area contributed by atoms with Crippen LogP contribution < -0.4 is 4.74 Å². The van der Waals surface area contributed by atoms with E-state index >= 15 is 0 Å². The molecule has 1 aromatic heterocycles. The third-order valence-corrected chi connectivity index (χ3v) is 5.36. The lowest BCUT2D eigenvalue weighted by Crippen LogP contribution is -2.39. The topological polar surface area (TPSA) is 58.2 Å². The van der Waals surface area contributed by atoms with Crippen molar-refractivity contribution < 1.29 is 9.53 Å². The molecule has 4 rings (SSSR count). The molecule has 1 aliphatic carbocycles. The Balaban J connectivity index is 1.44. The van der Waals surface area contributed by atoms with Crippen LogP contribution in [-0.4, -0.2) is 40.2 Å². The van der Waals surface area contributed by atoms with Crippen LogP contribution in [0.4, 0.5) is 0 Å². The number of carbonyl (C=O) groups excluding carboxylic acids is 1. The van der Waals surface area contributed by atoms with Gasteiger partial charge >= 0.3 is 0 Å². The summed E-state index contributed by atoms with van der Waals surface area (Å²) in [7, 11) is 0. The number of ether oxygens (including phenoxy) is 1. The van der Waals surface area contributed by atoms with Gasteiger partial charge in [-0.05, 0) is 62.8 Å². The molecule has 2 aliphatic rings. The van der Waals surface area contributed by atoms with E-state index in [4.69, 9.17) is 4.74 Å². The summed E-state index contributed by atoms with van der Waals surface area (Å²) in [4.78, 5) is 14.9. The van der Waals surface area contributed by atoms with Crippen molar-refractivity contribution in [2.45, 2.75) is 50.5 Å². The molecule has 1 saturated heterocycles. The van der Waals surface area contributed by atoms with Gasteiger partial charge in [-0.1, -0.05) is 6.07 Å². The summed E-state index contributed by atoms with van der Waals surface area (Å²) in [6.45, 7) is 1.56. The largest absolute Gasteiger partial charge is 0.490 e. The van der Waals surface area contributed by atoms with Crippen molar-refractivity contribution in [3.8, 4) is 5.75 Å². The second-order valence-corrected chi connectivity index (χ2v) is 7.15. The highest BCUT2D eigenvalue weighted by Crippen LogP contribution is 2.28. The average Bonchev–Trinajstić information content (AvgIpc) is 3.35. The van der Waals surface area contributed by atoms with E-state index in [2.05, 4.69) is 10.2 Å². The van der Waals surface area contributed by atoms with Gasteiger partial charge in [-0.15, -0.1) is 0 Å². The number of H-pyrrole nitrogens is 1. The quantitative estimate of drug-likeness (QED) is 0.923. The molecular formula is C20H25N3O2. The molecule has 1 saturated carbocycles. The Bertz CT molecular complexity index is 707. The van der Waals surface area contributed by atoms with Crippen molar-refractivity contribution in [3.05, 3.63) is 47.8 Å². The van der Waals surface area contributed by atoms with Crippen LogP contribution in [0.5, 0.6) is 5.75 Å². The molecule has 5 heteroatoms. The predicted octanol–water partition coefficient (Wildman–Crippen LogP) is 3.75. The maximum atomic E-state index is 12.9. The Labute approximate surface area is 148 Å². The highest BCUT2D eigenvalue weighted by atomic mass is 16.5. The molecule has 0 spiro atoms. The third-order valence-electron chi connectivity index (χ3n) is 5.36. The first-order chi connectivity index (χ1) is 12.3. The smallest absolute Gasteiger partial charge is 0.254 e. The van der Waals surface area contributed by atoms with Crippen LogP contribution in [0, 0.1) is 0 Å². The predicted molar refractivity (Wildman–Crippen MR) is 95.8 cm³/mol.